The molecule has 0 spiro atoms. The van der Waals surface area contributed by atoms with Crippen LogP contribution in [0.3, 0.4) is 0 Å². The van der Waals surface area contributed by atoms with Crippen LogP contribution in [0.1, 0.15) is 28.4 Å². The van der Waals surface area contributed by atoms with Crippen molar-refractivity contribution in [3.8, 4) is 16.9 Å². The Morgan fingerprint density at radius 1 is 1.12 bits per heavy atom. The van der Waals surface area contributed by atoms with Crippen LogP contribution in [-0.2, 0) is 6.42 Å². The lowest BCUT2D eigenvalue weighted by atomic mass is 10.00. The van der Waals surface area contributed by atoms with Gasteiger partial charge in [-0.3, -0.25) is 4.79 Å². The van der Waals surface area contributed by atoms with E-state index in [2.05, 4.69) is 10.3 Å². The number of aliphatic hydroxyl groups is 1. The average Bonchev–Trinajstić information content (AvgIpc) is 3.23. The van der Waals surface area contributed by atoms with Gasteiger partial charge in [0.05, 0.1) is 24.8 Å². The molecule has 3 aromatic carbocycles. The second-order valence-electron chi connectivity index (χ2n) is 8.02. The van der Waals surface area contributed by atoms with Crippen molar-refractivity contribution in [3.63, 3.8) is 0 Å². The largest absolute Gasteiger partial charge is 0.493 e. The van der Waals surface area contributed by atoms with Gasteiger partial charge in [-0.25, -0.2) is 0 Å². The van der Waals surface area contributed by atoms with Crippen LogP contribution < -0.4 is 10.1 Å². The van der Waals surface area contributed by atoms with E-state index in [-0.39, 0.29) is 12.5 Å². The van der Waals surface area contributed by atoms with Crippen molar-refractivity contribution in [2.24, 2.45) is 0 Å². The topological polar surface area (TPSA) is 74.3 Å². The fourth-order valence-corrected chi connectivity index (χ4v) is 4.11. The molecule has 1 atom stereocenters. The number of aromatic nitrogens is 1. The van der Waals surface area contributed by atoms with Gasteiger partial charge >= 0.3 is 0 Å². The second-order valence-corrected chi connectivity index (χ2v) is 8.43. The summed E-state index contributed by atoms with van der Waals surface area (Å²) in [6, 6.07) is 18.9. The number of para-hydroxylation sites is 1. The highest BCUT2D eigenvalue weighted by Gasteiger charge is 2.19. The number of amides is 1. The van der Waals surface area contributed by atoms with Crippen LogP contribution in [0.5, 0.6) is 5.75 Å². The van der Waals surface area contributed by atoms with Gasteiger partial charge in [0.1, 0.15) is 5.75 Å². The summed E-state index contributed by atoms with van der Waals surface area (Å²) < 4.78 is 5.72. The number of aliphatic hydroxyl groups excluding tert-OH is 1. The van der Waals surface area contributed by atoms with Gasteiger partial charge in [0.25, 0.3) is 5.91 Å². The van der Waals surface area contributed by atoms with Crippen LogP contribution in [0.4, 0.5) is 0 Å². The number of ether oxygens (including phenoxy) is 1. The lowest BCUT2D eigenvalue weighted by Crippen LogP contribution is -2.39. The second kappa shape index (κ2) is 10.1. The van der Waals surface area contributed by atoms with Crippen LogP contribution in [-0.4, -0.2) is 35.3 Å². The van der Waals surface area contributed by atoms with E-state index >= 15 is 0 Å². The number of carbonyl (C=O) groups excluding carboxylic acids is 1. The molecule has 4 rings (SSSR count). The zero-order valence-electron chi connectivity index (χ0n) is 18.7. The molecule has 3 N–H and O–H groups in total. The van der Waals surface area contributed by atoms with Crippen LogP contribution in [0.15, 0.2) is 66.9 Å². The molecule has 1 aromatic heterocycles. The fraction of sp³-hybridized carbons (Fsp3) is 0.222. The number of hydrogen-bond acceptors (Lipinski definition) is 3. The molecular formula is C27H27ClN2O3. The first-order chi connectivity index (χ1) is 16.0. The van der Waals surface area contributed by atoms with Crippen molar-refractivity contribution in [2.75, 3.05) is 13.2 Å². The number of carbonyl (C=O) groups is 1. The van der Waals surface area contributed by atoms with E-state index in [4.69, 9.17) is 16.3 Å². The highest BCUT2D eigenvalue weighted by molar-refractivity contribution is 6.31. The van der Waals surface area contributed by atoms with E-state index in [1.54, 1.807) is 12.1 Å². The lowest BCUT2D eigenvalue weighted by molar-refractivity contribution is 0.0913. The molecule has 170 valence electrons. The summed E-state index contributed by atoms with van der Waals surface area (Å²) in [5.41, 5.74) is 5.26. The molecule has 0 aliphatic carbocycles. The number of H-pyrrole nitrogens is 1. The van der Waals surface area contributed by atoms with Crippen LogP contribution in [0.2, 0.25) is 5.02 Å². The van der Waals surface area contributed by atoms with E-state index in [9.17, 15) is 9.90 Å². The monoisotopic (exact) mass is 462 g/mol. The van der Waals surface area contributed by atoms with Gasteiger partial charge < -0.3 is 20.1 Å². The molecule has 1 heterocycles. The summed E-state index contributed by atoms with van der Waals surface area (Å²) in [5, 5.41) is 14.7. The van der Waals surface area contributed by atoms with Crippen molar-refractivity contribution in [3.05, 3.63) is 88.6 Å². The molecule has 0 saturated heterocycles. The molecule has 1 amide bonds. The lowest BCUT2D eigenvalue weighted by Gasteiger charge is -2.18. The van der Waals surface area contributed by atoms with E-state index in [1.165, 1.54) is 0 Å². The van der Waals surface area contributed by atoms with Crippen LogP contribution >= 0.6 is 11.6 Å². The molecule has 0 bridgehead atoms. The Bertz CT molecular complexity index is 1280. The third-order valence-electron chi connectivity index (χ3n) is 5.73. The molecule has 0 saturated carbocycles. The third-order valence-corrected chi connectivity index (χ3v) is 6.13. The Morgan fingerprint density at radius 2 is 1.88 bits per heavy atom. The fourth-order valence-electron chi connectivity index (χ4n) is 3.93. The summed E-state index contributed by atoms with van der Waals surface area (Å²) in [6.45, 7) is 4.09. The van der Waals surface area contributed by atoms with Crippen molar-refractivity contribution in [1.29, 1.82) is 0 Å². The summed E-state index contributed by atoms with van der Waals surface area (Å²) in [7, 11) is 0. The minimum Gasteiger partial charge on any atom is -0.493 e. The predicted molar refractivity (Wildman–Crippen MR) is 133 cm³/mol. The molecule has 6 heteroatoms. The summed E-state index contributed by atoms with van der Waals surface area (Å²) in [5.74, 6) is 0.207. The van der Waals surface area contributed by atoms with Crippen molar-refractivity contribution < 1.29 is 14.6 Å². The number of aryl methyl sites for hydroxylation is 1. The van der Waals surface area contributed by atoms with Crippen LogP contribution in [0, 0.1) is 6.92 Å². The van der Waals surface area contributed by atoms with Crippen LogP contribution in [0.25, 0.3) is 22.0 Å². The molecule has 33 heavy (non-hydrogen) atoms. The van der Waals surface area contributed by atoms with E-state index < -0.39 is 6.04 Å². The van der Waals surface area contributed by atoms with Crippen molar-refractivity contribution in [1.82, 2.24) is 10.3 Å². The summed E-state index contributed by atoms with van der Waals surface area (Å²) >= 11 is 6.31. The third kappa shape index (κ3) is 5.05. The van der Waals surface area contributed by atoms with E-state index in [1.807, 2.05) is 68.6 Å². The number of nitrogens with one attached hydrogen (secondary N) is 2. The maximum atomic E-state index is 13.3. The number of benzene rings is 3. The Labute approximate surface area is 198 Å². The molecular weight excluding hydrogens is 436 g/mol. The van der Waals surface area contributed by atoms with Gasteiger partial charge in [0.2, 0.25) is 0 Å². The zero-order valence-corrected chi connectivity index (χ0v) is 19.4. The Hall–Kier alpha value is -3.28. The number of rotatable bonds is 8. The molecule has 0 aliphatic heterocycles. The van der Waals surface area contributed by atoms with E-state index in [0.29, 0.717) is 29.4 Å². The van der Waals surface area contributed by atoms with Gasteiger partial charge in [-0.1, -0.05) is 48.0 Å². The molecule has 0 aliphatic rings. The van der Waals surface area contributed by atoms with Gasteiger partial charge in [-0.05, 0) is 66.8 Å². The predicted octanol–water partition coefficient (Wildman–Crippen LogP) is 5.53. The van der Waals surface area contributed by atoms with E-state index in [0.717, 1.165) is 33.2 Å². The average molecular weight is 463 g/mol. The molecule has 0 fully saturated rings. The molecule has 0 unspecified atom stereocenters. The summed E-state index contributed by atoms with van der Waals surface area (Å²) in [6.07, 6.45) is 2.43. The number of aromatic amines is 1. The Morgan fingerprint density at radius 3 is 2.64 bits per heavy atom. The number of hydrogen-bond donors (Lipinski definition) is 3. The maximum absolute atomic E-state index is 13.3. The number of halogens is 1. The van der Waals surface area contributed by atoms with Crippen molar-refractivity contribution in [2.45, 2.75) is 26.3 Å². The molecule has 0 radical (unpaired) electrons. The smallest absolute Gasteiger partial charge is 0.255 e. The first-order valence-electron chi connectivity index (χ1n) is 11.0. The minimum atomic E-state index is -0.441. The highest BCUT2D eigenvalue weighted by Crippen LogP contribution is 2.30. The normalized spacial score (nSPS) is 12.0. The van der Waals surface area contributed by atoms with Gasteiger partial charge in [0.15, 0.2) is 0 Å². The first-order valence-corrected chi connectivity index (χ1v) is 11.4. The highest BCUT2D eigenvalue weighted by atomic mass is 35.5. The first kappa shape index (κ1) is 22.9. The SMILES string of the molecule is CCOc1ccc(-c2ccc(C)c(Cl)c2)cc1C(=O)N[C@@H](CO)Cc1c[nH]c2ccccc12. The zero-order chi connectivity index (χ0) is 23.4. The maximum Gasteiger partial charge on any atom is 0.255 e. The standard InChI is InChI=1S/C27H27ClN2O3/c1-3-33-26-11-10-18(19-9-8-17(2)24(28)14-19)13-23(26)27(32)30-21(16-31)12-20-15-29-25-7-5-4-6-22(20)25/h4-11,13-15,21,29,31H,3,12,16H2,1-2H3,(H,30,32)/t21-/m1/s1. The van der Waals surface area contributed by atoms with Gasteiger partial charge in [-0.2, -0.15) is 0 Å². The van der Waals surface area contributed by atoms with Gasteiger partial charge in [0, 0.05) is 22.1 Å². The molecule has 5 nitrogen and oxygen atoms in total. The minimum absolute atomic E-state index is 0.178. The number of fused-ring (bicyclic) bond motifs is 1. The summed E-state index contributed by atoms with van der Waals surface area (Å²) in [4.78, 5) is 16.5. The quantitative estimate of drug-likeness (QED) is 0.322. The van der Waals surface area contributed by atoms with Gasteiger partial charge in [-0.15, -0.1) is 0 Å². The molecule has 4 aromatic rings. The Balaban J connectivity index is 1.60. The Kier molecular flexibility index (Phi) is 7.02. The van der Waals surface area contributed by atoms with Crippen molar-refractivity contribution >= 4 is 28.4 Å².